The van der Waals surface area contributed by atoms with Crippen LogP contribution in [0.25, 0.3) is 22.4 Å². The number of piperazine rings is 1. The largest absolute Gasteiger partial charge is 0.449 e. The van der Waals surface area contributed by atoms with Gasteiger partial charge in [-0.05, 0) is 50.1 Å². The van der Waals surface area contributed by atoms with Crippen LogP contribution in [0.2, 0.25) is 0 Å². The number of furan rings is 1. The number of amides is 1. The number of nitrogens with one attached hydrogen (secondary N) is 1. The number of pyridine rings is 1. The number of fused-ring (bicyclic) bond motifs is 1. The molecule has 3 aromatic rings. The van der Waals surface area contributed by atoms with E-state index in [1.165, 1.54) is 12.1 Å². The molecule has 1 amide bonds. The van der Waals surface area contributed by atoms with Gasteiger partial charge in [0.1, 0.15) is 11.3 Å². The molecule has 0 saturated carbocycles. The Balaban J connectivity index is 0.00000256. The van der Waals surface area contributed by atoms with Crippen LogP contribution in [0.1, 0.15) is 49.7 Å². The first-order chi connectivity index (χ1) is 13.8. The summed E-state index contributed by atoms with van der Waals surface area (Å²) in [7, 11) is 0. The van der Waals surface area contributed by atoms with Gasteiger partial charge in [0.25, 0.3) is 5.91 Å². The quantitative estimate of drug-likeness (QED) is 0.633. The molecule has 1 saturated heterocycles. The summed E-state index contributed by atoms with van der Waals surface area (Å²) in [6.07, 6.45) is 0. The summed E-state index contributed by atoms with van der Waals surface area (Å²) < 4.78 is 19.4. The summed E-state index contributed by atoms with van der Waals surface area (Å²) in [5.41, 5.74) is 3.54. The van der Waals surface area contributed by atoms with E-state index >= 15 is 0 Å². The average molecular weight is 432 g/mol. The molecule has 1 aliphatic rings. The number of benzene rings is 1. The Morgan fingerprint density at radius 3 is 2.57 bits per heavy atom. The average Bonchev–Trinajstić information content (AvgIpc) is 3.11. The first-order valence-corrected chi connectivity index (χ1v) is 9.99. The smallest absolute Gasteiger partial charge is 0.290 e. The van der Waals surface area contributed by atoms with Gasteiger partial charge in [0.2, 0.25) is 0 Å². The van der Waals surface area contributed by atoms with E-state index in [0.717, 1.165) is 29.9 Å². The molecule has 0 bridgehead atoms. The molecule has 1 aliphatic heterocycles. The molecule has 30 heavy (non-hydrogen) atoms. The molecule has 0 aliphatic carbocycles. The van der Waals surface area contributed by atoms with Crippen LogP contribution in [0.4, 0.5) is 4.39 Å². The molecular weight excluding hydrogens is 405 g/mol. The molecule has 0 unspecified atom stereocenters. The molecule has 160 valence electrons. The van der Waals surface area contributed by atoms with Crippen molar-refractivity contribution in [1.29, 1.82) is 0 Å². The van der Waals surface area contributed by atoms with Crippen molar-refractivity contribution in [2.24, 2.45) is 0 Å². The fraction of sp³-hybridized carbons (Fsp3) is 0.391. The van der Waals surface area contributed by atoms with Crippen LogP contribution in [0.3, 0.4) is 0 Å². The second-order valence-electron chi connectivity index (χ2n) is 8.53. The van der Waals surface area contributed by atoms with Crippen LogP contribution >= 0.6 is 12.4 Å². The number of hydrogen-bond acceptors (Lipinski definition) is 4. The second-order valence-corrected chi connectivity index (χ2v) is 8.53. The number of hydrogen-bond donors (Lipinski definition) is 1. The van der Waals surface area contributed by atoms with Gasteiger partial charge in [-0.2, -0.15) is 0 Å². The summed E-state index contributed by atoms with van der Waals surface area (Å²) in [6, 6.07) is 9.97. The lowest BCUT2D eigenvalue weighted by atomic mass is 9.99. The Bertz CT molecular complexity index is 1060. The molecule has 4 rings (SSSR count). The van der Waals surface area contributed by atoms with Gasteiger partial charge in [0.05, 0.1) is 11.2 Å². The fourth-order valence-corrected chi connectivity index (χ4v) is 3.84. The minimum absolute atomic E-state index is 0. The molecule has 1 fully saturated rings. The van der Waals surface area contributed by atoms with Crippen molar-refractivity contribution in [2.75, 3.05) is 19.6 Å². The van der Waals surface area contributed by atoms with Crippen LogP contribution in [0.5, 0.6) is 0 Å². The summed E-state index contributed by atoms with van der Waals surface area (Å²) in [5, 5.41) is 3.33. The highest BCUT2D eigenvalue weighted by Gasteiger charge is 2.35. The van der Waals surface area contributed by atoms with E-state index in [-0.39, 0.29) is 35.6 Å². The minimum Gasteiger partial charge on any atom is -0.449 e. The number of halogens is 2. The van der Waals surface area contributed by atoms with E-state index < -0.39 is 0 Å². The van der Waals surface area contributed by atoms with Gasteiger partial charge in [-0.1, -0.05) is 13.8 Å². The number of aromatic nitrogens is 1. The van der Waals surface area contributed by atoms with E-state index in [1.807, 2.05) is 24.8 Å². The zero-order valence-corrected chi connectivity index (χ0v) is 18.5. The van der Waals surface area contributed by atoms with Crippen molar-refractivity contribution < 1.29 is 13.6 Å². The second kappa shape index (κ2) is 8.36. The predicted octanol–water partition coefficient (Wildman–Crippen LogP) is 5.00. The van der Waals surface area contributed by atoms with Crippen molar-refractivity contribution in [3.63, 3.8) is 0 Å². The SMILES string of the molecule is CC(C)c1cc(-c2ccc(F)cc2)nc2cc(C(=O)N3CCNCC3(C)C)oc12.Cl. The van der Waals surface area contributed by atoms with Crippen molar-refractivity contribution in [2.45, 2.75) is 39.2 Å². The highest BCUT2D eigenvalue weighted by molar-refractivity contribution is 5.96. The predicted molar refractivity (Wildman–Crippen MR) is 119 cm³/mol. The summed E-state index contributed by atoms with van der Waals surface area (Å²) in [5.74, 6) is 0.0892. The zero-order valence-electron chi connectivity index (χ0n) is 17.7. The maximum Gasteiger partial charge on any atom is 0.290 e. The van der Waals surface area contributed by atoms with Gasteiger partial charge in [-0.25, -0.2) is 9.37 Å². The van der Waals surface area contributed by atoms with Crippen LogP contribution < -0.4 is 5.32 Å². The fourth-order valence-electron chi connectivity index (χ4n) is 3.84. The monoisotopic (exact) mass is 431 g/mol. The summed E-state index contributed by atoms with van der Waals surface area (Å²) in [4.78, 5) is 19.8. The van der Waals surface area contributed by atoms with Gasteiger partial charge in [0, 0.05) is 36.8 Å². The first kappa shape index (κ1) is 22.2. The molecule has 0 spiro atoms. The number of nitrogens with zero attached hydrogens (tertiary/aromatic N) is 2. The molecule has 0 radical (unpaired) electrons. The Hall–Kier alpha value is -2.44. The lowest BCUT2D eigenvalue weighted by molar-refractivity contribution is 0.0448. The van der Waals surface area contributed by atoms with Gasteiger partial charge in [-0.3, -0.25) is 4.79 Å². The first-order valence-electron chi connectivity index (χ1n) is 9.99. The third kappa shape index (κ3) is 4.07. The van der Waals surface area contributed by atoms with E-state index in [2.05, 4.69) is 19.2 Å². The van der Waals surface area contributed by atoms with Crippen molar-refractivity contribution >= 4 is 29.4 Å². The molecular formula is C23H27ClFN3O2. The van der Waals surface area contributed by atoms with Crippen LogP contribution in [0, 0.1) is 5.82 Å². The molecule has 1 aromatic carbocycles. The van der Waals surface area contributed by atoms with Crippen LogP contribution in [-0.4, -0.2) is 41.0 Å². The van der Waals surface area contributed by atoms with E-state index in [4.69, 9.17) is 9.40 Å². The molecule has 3 heterocycles. The van der Waals surface area contributed by atoms with Crippen molar-refractivity contribution in [3.05, 3.63) is 53.5 Å². The van der Waals surface area contributed by atoms with E-state index in [9.17, 15) is 9.18 Å². The van der Waals surface area contributed by atoms with Crippen LogP contribution in [-0.2, 0) is 0 Å². The molecule has 1 N–H and O–H groups in total. The third-order valence-electron chi connectivity index (χ3n) is 5.53. The van der Waals surface area contributed by atoms with E-state index in [0.29, 0.717) is 23.4 Å². The lowest BCUT2D eigenvalue weighted by Crippen LogP contribution is -2.59. The molecule has 7 heteroatoms. The molecule has 0 atom stereocenters. The molecule has 5 nitrogen and oxygen atoms in total. The van der Waals surface area contributed by atoms with Crippen LogP contribution in [0.15, 0.2) is 40.8 Å². The van der Waals surface area contributed by atoms with Gasteiger partial charge >= 0.3 is 0 Å². The Kier molecular flexibility index (Phi) is 6.20. The molecule has 2 aromatic heterocycles. The maximum absolute atomic E-state index is 13.3. The maximum atomic E-state index is 13.3. The normalized spacial score (nSPS) is 16.0. The number of rotatable bonds is 3. The summed E-state index contributed by atoms with van der Waals surface area (Å²) >= 11 is 0. The zero-order chi connectivity index (χ0) is 20.8. The van der Waals surface area contributed by atoms with E-state index in [1.54, 1.807) is 18.2 Å². The highest BCUT2D eigenvalue weighted by Crippen LogP contribution is 2.32. The number of carbonyl (C=O) groups excluding carboxylic acids is 1. The van der Waals surface area contributed by atoms with Gasteiger partial charge in [0.15, 0.2) is 11.3 Å². The Morgan fingerprint density at radius 1 is 1.23 bits per heavy atom. The Labute approximate surface area is 182 Å². The number of carbonyl (C=O) groups is 1. The summed E-state index contributed by atoms with van der Waals surface area (Å²) in [6.45, 7) is 10.4. The standard InChI is InChI=1S/C23H26FN3O2.ClH/c1-14(2)17-11-18(15-5-7-16(24)8-6-15)26-19-12-20(29-21(17)19)22(28)27-10-9-25-13-23(27,3)4;/h5-8,11-12,14,25H,9-10,13H2,1-4H3;1H. The Morgan fingerprint density at radius 2 is 1.93 bits per heavy atom. The third-order valence-corrected chi connectivity index (χ3v) is 5.53. The topological polar surface area (TPSA) is 58.4 Å². The van der Waals surface area contributed by atoms with Crippen molar-refractivity contribution in [3.8, 4) is 11.3 Å². The van der Waals surface area contributed by atoms with Gasteiger partial charge < -0.3 is 14.6 Å². The lowest BCUT2D eigenvalue weighted by Gasteiger charge is -2.42. The van der Waals surface area contributed by atoms with Gasteiger partial charge in [-0.15, -0.1) is 12.4 Å². The highest BCUT2D eigenvalue weighted by atomic mass is 35.5. The van der Waals surface area contributed by atoms with Crippen molar-refractivity contribution in [1.82, 2.24) is 15.2 Å². The minimum atomic E-state index is -0.290.